The molecule has 164 valence electrons. The monoisotopic (exact) mass is 414 g/mol. The third kappa shape index (κ3) is 5.80. The molecule has 30 heavy (non-hydrogen) atoms. The van der Waals surface area contributed by atoms with Gasteiger partial charge in [-0.15, -0.1) is 0 Å². The minimum atomic E-state index is 0.196. The van der Waals surface area contributed by atoms with Crippen molar-refractivity contribution in [2.45, 2.75) is 32.4 Å². The van der Waals surface area contributed by atoms with E-state index in [4.69, 9.17) is 4.74 Å². The van der Waals surface area contributed by atoms with Gasteiger partial charge in [-0.05, 0) is 25.3 Å². The third-order valence-corrected chi connectivity index (χ3v) is 6.33. The van der Waals surface area contributed by atoms with Crippen molar-refractivity contribution in [1.29, 1.82) is 0 Å². The second kappa shape index (κ2) is 9.90. The SMILES string of the molecule is Cc1ccc(CN(C(=O)CN2CCN(C(=O)CN3CCOCC3)CC2)C2CC2)cc1. The third-order valence-electron chi connectivity index (χ3n) is 6.33. The molecule has 1 aromatic carbocycles. The number of amides is 2. The van der Waals surface area contributed by atoms with Gasteiger partial charge in [0.15, 0.2) is 0 Å². The quantitative estimate of drug-likeness (QED) is 0.665. The van der Waals surface area contributed by atoms with Gasteiger partial charge in [0.25, 0.3) is 0 Å². The highest BCUT2D eigenvalue weighted by Gasteiger charge is 2.33. The zero-order chi connectivity index (χ0) is 20.9. The molecular weight excluding hydrogens is 380 g/mol. The lowest BCUT2D eigenvalue weighted by Gasteiger charge is -2.36. The molecule has 4 rings (SSSR count). The van der Waals surface area contributed by atoms with Crippen LogP contribution in [0.25, 0.3) is 0 Å². The maximum absolute atomic E-state index is 13.0. The first-order chi connectivity index (χ1) is 14.6. The molecule has 1 saturated carbocycles. The normalized spacial score (nSPS) is 20.9. The minimum absolute atomic E-state index is 0.196. The standard InChI is InChI=1S/C23H34N4O3/c1-19-2-4-20(5-3-19)16-27(21-6-7-21)23(29)18-24-8-10-26(11-9-24)22(28)17-25-12-14-30-15-13-25/h2-5,21H,6-18H2,1H3. The summed E-state index contributed by atoms with van der Waals surface area (Å²) >= 11 is 0. The number of nitrogens with zero attached hydrogens (tertiary/aromatic N) is 4. The Morgan fingerprint density at radius 2 is 1.57 bits per heavy atom. The summed E-state index contributed by atoms with van der Waals surface area (Å²) < 4.78 is 5.35. The van der Waals surface area contributed by atoms with Crippen molar-refractivity contribution in [3.05, 3.63) is 35.4 Å². The zero-order valence-electron chi connectivity index (χ0n) is 18.1. The Morgan fingerprint density at radius 1 is 0.933 bits per heavy atom. The lowest BCUT2D eigenvalue weighted by Crippen LogP contribution is -2.54. The second-order valence-electron chi connectivity index (χ2n) is 8.78. The van der Waals surface area contributed by atoms with E-state index in [1.165, 1.54) is 11.1 Å². The fourth-order valence-electron chi connectivity index (χ4n) is 4.19. The predicted molar refractivity (Wildman–Crippen MR) is 115 cm³/mol. The van der Waals surface area contributed by atoms with Crippen LogP contribution in [-0.4, -0.2) is 103 Å². The summed E-state index contributed by atoms with van der Waals surface area (Å²) in [5, 5.41) is 0. The van der Waals surface area contributed by atoms with Gasteiger partial charge in [-0.1, -0.05) is 29.8 Å². The first-order valence-corrected chi connectivity index (χ1v) is 11.2. The zero-order valence-corrected chi connectivity index (χ0v) is 18.1. The molecule has 0 N–H and O–H groups in total. The number of morpholine rings is 1. The summed E-state index contributed by atoms with van der Waals surface area (Å²) in [5.41, 5.74) is 2.43. The van der Waals surface area contributed by atoms with E-state index >= 15 is 0 Å². The van der Waals surface area contributed by atoms with E-state index < -0.39 is 0 Å². The van der Waals surface area contributed by atoms with Crippen molar-refractivity contribution in [2.24, 2.45) is 0 Å². The number of ether oxygens (including phenoxy) is 1. The molecule has 0 atom stereocenters. The van der Waals surface area contributed by atoms with Gasteiger partial charge in [-0.3, -0.25) is 19.4 Å². The maximum Gasteiger partial charge on any atom is 0.237 e. The Kier molecular flexibility index (Phi) is 7.02. The number of aryl methyl sites for hydroxylation is 1. The van der Waals surface area contributed by atoms with Crippen molar-refractivity contribution in [3.8, 4) is 0 Å². The molecule has 7 heteroatoms. The molecule has 2 aliphatic heterocycles. The molecule has 2 amide bonds. The number of piperazine rings is 1. The van der Waals surface area contributed by atoms with E-state index in [1.54, 1.807) is 0 Å². The molecule has 0 radical (unpaired) electrons. The first kappa shape index (κ1) is 21.3. The molecule has 1 aliphatic carbocycles. The Balaban J connectivity index is 1.23. The van der Waals surface area contributed by atoms with Gasteiger partial charge in [0.2, 0.25) is 11.8 Å². The van der Waals surface area contributed by atoms with Crippen molar-refractivity contribution in [2.75, 3.05) is 65.6 Å². The van der Waals surface area contributed by atoms with Crippen LogP contribution in [0.2, 0.25) is 0 Å². The average molecular weight is 415 g/mol. The Hall–Kier alpha value is -1.96. The first-order valence-electron chi connectivity index (χ1n) is 11.2. The van der Waals surface area contributed by atoms with E-state index in [9.17, 15) is 9.59 Å². The number of carbonyl (C=O) groups is 2. The fraction of sp³-hybridized carbons (Fsp3) is 0.652. The Labute approximate surface area is 179 Å². The lowest BCUT2D eigenvalue weighted by molar-refractivity contribution is -0.137. The smallest absolute Gasteiger partial charge is 0.237 e. The number of benzene rings is 1. The number of hydrogen-bond acceptors (Lipinski definition) is 5. The summed E-state index contributed by atoms with van der Waals surface area (Å²) in [7, 11) is 0. The molecule has 3 aliphatic rings. The molecule has 3 fully saturated rings. The van der Waals surface area contributed by atoms with Crippen LogP contribution in [0.1, 0.15) is 24.0 Å². The van der Waals surface area contributed by atoms with E-state index in [2.05, 4.69) is 45.9 Å². The lowest BCUT2D eigenvalue weighted by atomic mass is 10.1. The highest BCUT2D eigenvalue weighted by molar-refractivity contribution is 5.79. The molecule has 2 heterocycles. The predicted octanol–water partition coefficient (Wildman–Crippen LogP) is 0.962. The average Bonchev–Trinajstić information content (AvgIpc) is 3.59. The van der Waals surface area contributed by atoms with Crippen molar-refractivity contribution >= 4 is 11.8 Å². The topological polar surface area (TPSA) is 56.3 Å². The molecule has 0 unspecified atom stereocenters. The van der Waals surface area contributed by atoms with Crippen LogP contribution in [0, 0.1) is 6.92 Å². The van der Waals surface area contributed by atoms with Crippen LogP contribution < -0.4 is 0 Å². The maximum atomic E-state index is 13.0. The Morgan fingerprint density at radius 3 is 2.20 bits per heavy atom. The molecule has 0 aromatic heterocycles. The fourth-order valence-corrected chi connectivity index (χ4v) is 4.19. The largest absolute Gasteiger partial charge is 0.379 e. The van der Waals surface area contributed by atoms with Gasteiger partial charge in [-0.25, -0.2) is 0 Å². The summed E-state index contributed by atoms with van der Waals surface area (Å²) in [5.74, 6) is 0.410. The summed E-state index contributed by atoms with van der Waals surface area (Å²) in [6, 6.07) is 8.86. The molecular formula is C23H34N4O3. The number of carbonyl (C=O) groups excluding carboxylic acids is 2. The molecule has 0 bridgehead atoms. The summed E-state index contributed by atoms with van der Waals surface area (Å²) in [6.45, 7) is 9.74. The van der Waals surface area contributed by atoms with Crippen LogP contribution in [0.5, 0.6) is 0 Å². The van der Waals surface area contributed by atoms with Gasteiger partial charge in [0, 0.05) is 51.9 Å². The van der Waals surface area contributed by atoms with Crippen molar-refractivity contribution in [1.82, 2.24) is 19.6 Å². The van der Waals surface area contributed by atoms with Crippen LogP contribution in [0.15, 0.2) is 24.3 Å². The van der Waals surface area contributed by atoms with Crippen molar-refractivity contribution < 1.29 is 14.3 Å². The highest BCUT2D eigenvalue weighted by Crippen LogP contribution is 2.28. The number of hydrogen-bond donors (Lipinski definition) is 0. The molecule has 2 saturated heterocycles. The summed E-state index contributed by atoms with van der Waals surface area (Å²) in [4.78, 5) is 34.0. The van der Waals surface area contributed by atoms with E-state index in [1.807, 2.05) is 4.90 Å². The van der Waals surface area contributed by atoms with Crippen molar-refractivity contribution in [3.63, 3.8) is 0 Å². The van der Waals surface area contributed by atoms with Gasteiger partial charge in [0.05, 0.1) is 26.3 Å². The Bertz CT molecular complexity index is 720. The number of rotatable bonds is 7. The van der Waals surface area contributed by atoms with Gasteiger partial charge in [-0.2, -0.15) is 0 Å². The summed E-state index contributed by atoms with van der Waals surface area (Å²) in [6.07, 6.45) is 2.23. The van der Waals surface area contributed by atoms with E-state index in [-0.39, 0.29) is 11.8 Å². The van der Waals surface area contributed by atoms with Gasteiger partial charge >= 0.3 is 0 Å². The molecule has 1 aromatic rings. The minimum Gasteiger partial charge on any atom is -0.379 e. The second-order valence-corrected chi connectivity index (χ2v) is 8.78. The molecule has 0 spiro atoms. The van der Waals surface area contributed by atoms with Crippen LogP contribution in [-0.2, 0) is 20.9 Å². The van der Waals surface area contributed by atoms with Crippen LogP contribution in [0.4, 0.5) is 0 Å². The highest BCUT2D eigenvalue weighted by atomic mass is 16.5. The van der Waals surface area contributed by atoms with Crippen LogP contribution in [0.3, 0.4) is 0 Å². The van der Waals surface area contributed by atoms with Gasteiger partial charge < -0.3 is 14.5 Å². The van der Waals surface area contributed by atoms with Gasteiger partial charge in [0.1, 0.15) is 0 Å². The van der Waals surface area contributed by atoms with Crippen LogP contribution >= 0.6 is 0 Å². The van der Waals surface area contributed by atoms with E-state index in [0.29, 0.717) is 52.0 Å². The van der Waals surface area contributed by atoms with E-state index in [0.717, 1.165) is 39.0 Å². The molecule has 7 nitrogen and oxygen atoms in total.